The Kier molecular flexibility index (Phi) is 6.42. The maximum atomic E-state index is 12.9. The molecule has 0 atom stereocenters. The molecule has 0 radical (unpaired) electrons. The van der Waals surface area contributed by atoms with E-state index >= 15 is 0 Å². The fraction of sp³-hybridized carbons (Fsp3) is 0.333. The summed E-state index contributed by atoms with van der Waals surface area (Å²) in [4.78, 5) is 13.3. The van der Waals surface area contributed by atoms with E-state index in [1.807, 2.05) is 32.4 Å². The summed E-state index contributed by atoms with van der Waals surface area (Å²) in [7, 11) is 0. The lowest BCUT2D eigenvalue weighted by Crippen LogP contribution is -2.15. The van der Waals surface area contributed by atoms with Gasteiger partial charge in [0, 0.05) is 6.20 Å². The standard InChI is InChI=1S/C21H21BrF3N7OS/c1-11-18(22)13(3)31(27-11)10-32-14(4)19(12(2)28-32)26-20(33)16-7-15(9-34-16)8-30-6-5-17(29-30)21(23,24)25/h5-7,9H,8,10H2,1-4H3,(H,26,33). The number of hydrogen-bond acceptors (Lipinski definition) is 5. The van der Waals surface area contributed by atoms with Crippen LogP contribution in [0.4, 0.5) is 18.9 Å². The van der Waals surface area contributed by atoms with Gasteiger partial charge in [-0.3, -0.25) is 9.48 Å². The maximum absolute atomic E-state index is 12.9. The molecule has 0 aromatic carbocycles. The minimum absolute atomic E-state index is 0.133. The number of hydrogen-bond donors (Lipinski definition) is 1. The molecule has 180 valence electrons. The minimum atomic E-state index is -4.49. The van der Waals surface area contributed by atoms with Crippen molar-refractivity contribution >= 4 is 38.9 Å². The van der Waals surface area contributed by atoms with Gasteiger partial charge in [0.15, 0.2) is 5.69 Å². The number of amides is 1. The van der Waals surface area contributed by atoms with Crippen LogP contribution in [0.5, 0.6) is 0 Å². The van der Waals surface area contributed by atoms with Crippen molar-refractivity contribution in [2.75, 3.05) is 5.32 Å². The third-order valence-corrected chi connectivity index (χ3v) is 7.46. The second-order valence-electron chi connectivity index (χ2n) is 7.84. The SMILES string of the molecule is Cc1nn(Cn2nc(C)c(NC(=O)c3cc(Cn4ccc(C(F)(F)F)n4)cs3)c2C)c(C)c1Br. The van der Waals surface area contributed by atoms with Crippen molar-refractivity contribution in [2.45, 2.75) is 47.1 Å². The number of aromatic nitrogens is 6. The van der Waals surface area contributed by atoms with E-state index in [-0.39, 0.29) is 12.5 Å². The largest absolute Gasteiger partial charge is 0.435 e. The number of anilines is 1. The predicted octanol–water partition coefficient (Wildman–Crippen LogP) is 5.16. The van der Waals surface area contributed by atoms with Gasteiger partial charge in [0.25, 0.3) is 5.91 Å². The normalized spacial score (nSPS) is 11.9. The Morgan fingerprint density at radius 3 is 2.38 bits per heavy atom. The molecule has 0 aliphatic heterocycles. The number of halogens is 4. The minimum Gasteiger partial charge on any atom is -0.318 e. The molecule has 4 heterocycles. The average Bonchev–Trinajstić information content (AvgIpc) is 3.52. The van der Waals surface area contributed by atoms with Crippen LogP contribution in [-0.2, 0) is 19.4 Å². The molecule has 0 unspecified atom stereocenters. The molecule has 0 saturated heterocycles. The average molecular weight is 556 g/mol. The van der Waals surface area contributed by atoms with Gasteiger partial charge in [0.2, 0.25) is 0 Å². The topological polar surface area (TPSA) is 82.6 Å². The highest BCUT2D eigenvalue weighted by Gasteiger charge is 2.33. The first-order valence-corrected chi connectivity index (χ1v) is 11.8. The van der Waals surface area contributed by atoms with Gasteiger partial charge in [-0.05, 0) is 66.7 Å². The lowest BCUT2D eigenvalue weighted by Gasteiger charge is -2.08. The van der Waals surface area contributed by atoms with Crippen LogP contribution in [0, 0.1) is 27.7 Å². The quantitative estimate of drug-likeness (QED) is 0.356. The Balaban J connectivity index is 1.46. The van der Waals surface area contributed by atoms with Crippen LogP contribution in [0.1, 0.15) is 43.7 Å². The lowest BCUT2D eigenvalue weighted by atomic mass is 10.2. The molecular weight excluding hydrogens is 535 g/mol. The van der Waals surface area contributed by atoms with Gasteiger partial charge in [-0.15, -0.1) is 11.3 Å². The van der Waals surface area contributed by atoms with Crippen molar-refractivity contribution < 1.29 is 18.0 Å². The first-order valence-electron chi connectivity index (χ1n) is 10.2. The number of nitrogens with zero attached hydrogens (tertiary/aromatic N) is 6. The highest BCUT2D eigenvalue weighted by atomic mass is 79.9. The number of nitrogens with one attached hydrogen (secondary N) is 1. The summed E-state index contributed by atoms with van der Waals surface area (Å²) in [6.45, 7) is 8.08. The van der Waals surface area contributed by atoms with E-state index in [0.29, 0.717) is 28.5 Å². The number of carbonyl (C=O) groups excluding carboxylic acids is 1. The zero-order valence-electron chi connectivity index (χ0n) is 18.7. The molecule has 0 saturated carbocycles. The van der Waals surface area contributed by atoms with Gasteiger partial charge in [0.05, 0.1) is 44.4 Å². The molecule has 1 N–H and O–H groups in total. The molecular formula is C21H21BrF3N7OS. The molecule has 0 fully saturated rings. The first-order chi connectivity index (χ1) is 15.9. The number of aryl methyl sites for hydroxylation is 2. The van der Waals surface area contributed by atoms with Crippen molar-refractivity contribution in [1.29, 1.82) is 0 Å². The Morgan fingerprint density at radius 2 is 1.76 bits per heavy atom. The Bertz CT molecular complexity index is 1370. The van der Waals surface area contributed by atoms with Crippen LogP contribution < -0.4 is 5.32 Å². The molecule has 0 spiro atoms. The number of carbonyl (C=O) groups is 1. The van der Waals surface area contributed by atoms with Gasteiger partial charge < -0.3 is 5.32 Å². The maximum Gasteiger partial charge on any atom is 0.435 e. The van der Waals surface area contributed by atoms with E-state index in [4.69, 9.17) is 0 Å². The van der Waals surface area contributed by atoms with E-state index in [9.17, 15) is 18.0 Å². The van der Waals surface area contributed by atoms with Crippen LogP contribution in [0.3, 0.4) is 0 Å². The van der Waals surface area contributed by atoms with Crippen LogP contribution in [0.25, 0.3) is 0 Å². The summed E-state index contributed by atoms with van der Waals surface area (Å²) in [5.74, 6) is -0.313. The van der Waals surface area contributed by atoms with E-state index in [2.05, 4.69) is 36.5 Å². The zero-order valence-corrected chi connectivity index (χ0v) is 21.1. The molecule has 8 nitrogen and oxygen atoms in total. The Hall–Kier alpha value is -2.93. The molecule has 13 heteroatoms. The van der Waals surface area contributed by atoms with Crippen LogP contribution in [-0.4, -0.2) is 35.2 Å². The number of thiophene rings is 1. The molecule has 4 aromatic heterocycles. The lowest BCUT2D eigenvalue weighted by molar-refractivity contribution is -0.141. The third-order valence-electron chi connectivity index (χ3n) is 5.33. The second-order valence-corrected chi connectivity index (χ2v) is 9.54. The van der Waals surface area contributed by atoms with Gasteiger partial charge >= 0.3 is 6.18 Å². The van der Waals surface area contributed by atoms with Crippen molar-refractivity contribution in [3.63, 3.8) is 0 Å². The van der Waals surface area contributed by atoms with Crippen molar-refractivity contribution in [2.24, 2.45) is 0 Å². The van der Waals surface area contributed by atoms with E-state index in [1.54, 1.807) is 16.1 Å². The summed E-state index contributed by atoms with van der Waals surface area (Å²) in [6, 6.07) is 2.57. The highest BCUT2D eigenvalue weighted by molar-refractivity contribution is 9.10. The van der Waals surface area contributed by atoms with E-state index < -0.39 is 11.9 Å². The third kappa shape index (κ3) is 4.80. The smallest absolute Gasteiger partial charge is 0.318 e. The fourth-order valence-electron chi connectivity index (χ4n) is 3.50. The van der Waals surface area contributed by atoms with Crippen molar-refractivity contribution in [3.8, 4) is 0 Å². The number of alkyl halides is 3. The van der Waals surface area contributed by atoms with Crippen molar-refractivity contribution in [3.05, 3.63) is 67.1 Å². The van der Waals surface area contributed by atoms with E-state index in [1.165, 1.54) is 22.2 Å². The predicted molar refractivity (Wildman–Crippen MR) is 125 cm³/mol. The van der Waals surface area contributed by atoms with Gasteiger partial charge in [-0.25, -0.2) is 9.36 Å². The fourth-order valence-corrected chi connectivity index (χ4v) is 4.58. The van der Waals surface area contributed by atoms with Gasteiger partial charge in [-0.2, -0.15) is 28.5 Å². The Morgan fingerprint density at radius 1 is 1.09 bits per heavy atom. The summed E-state index contributed by atoms with van der Waals surface area (Å²) in [6.07, 6.45) is -3.22. The molecule has 1 amide bonds. The molecule has 0 aliphatic rings. The van der Waals surface area contributed by atoms with Gasteiger partial charge in [0.1, 0.15) is 6.67 Å². The molecule has 4 aromatic rings. The van der Waals surface area contributed by atoms with Gasteiger partial charge in [-0.1, -0.05) is 0 Å². The second kappa shape index (κ2) is 9.02. The van der Waals surface area contributed by atoms with E-state index in [0.717, 1.165) is 27.6 Å². The first kappa shape index (κ1) is 24.2. The van der Waals surface area contributed by atoms with Crippen LogP contribution in [0.2, 0.25) is 0 Å². The van der Waals surface area contributed by atoms with Crippen molar-refractivity contribution in [1.82, 2.24) is 29.3 Å². The van der Waals surface area contributed by atoms with Crippen LogP contribution in [0.15, 0.2) is 28.2 Å². The van der Waals surface area contributed by atoms with Crippen LogP contribution >= 0.6 is 27.3 Å². The molecule has 0 bridgehead atoms. The summed E-state index contributed by atoms with van der Waals surface area (Å²) < 4.78 is 44.0. The molecule has 0 aliphatic carbocycles. The zero-order chi connectivity index (χ0) is 24.8. The number of rotatable bonds is 6. The monoisotopic (exact) mass is 555 g/mol. The molecule has 4 rings (SSSR count). The summed E-state index contributed by atoms with van der Waals surface area (Å²) in [5, 5.41) is 17.2. The highest BCUT2D eigenvalue weighted by Crippen LogP contribution is 2.28. The molecule has 34 heavy (non-hydrogen) atoms. The summed E-state index contributed by atoms with van der Waals surface area (Å²) in [5.41, 5.74) is 3.65. The Labute approximate surface area is 205 Å². The summed E-state index contributed by atoms with van der Waals surface area (Å²) >= 11 is 4.73.